The minimum absolute atomic E-state index is 0.0185. The first kappa shape index (κ1) is 14.0. The Labute approximate surface area is 125 Å². The van der Waals surface area contributed by atoms with Crippen LogP contribution in [0.15, 0.2) is 33.0 Å². The lowest BCUT2D eigenvalue weighted by Crippen LogP contribution is -2.28. The maximum Gasteiger partial charge on any atom is 0.269 e. The van der Waals surface area contributed by atoms with E-state index in [-0.39, 0.29) is 5.91 Å². The van der Waals surface area contributed by atoms with Crippen molar-refractivity contribution >= 4 is 57.7 Å². The van der Waals surface area contributed by atoms with Gasteiger partial charge in [-0.3, -0.25) is 9.69 Å². The van der Waals surface area contributed by atoms with Crippen LogP contribution in [0.5, 0.6) is 0 Å². The Balaban J connectivity index is 2.29. The molecule has 1 amide bonds. The van der Waals surface area contributed by atoms with Gasteiger partial charge >= 0.3 is 0 Å². The molecule has 0 aliphatic carbocycles. The third kappa shape index (κ3) is 2.36. The second-order valence-electron chi connectivity index (χ2n) is 3.54. The highest BCUT2D eigenvalue weighted by Gasteiger charge is 2.36. The van der Waals surface area contributed by atoms with Crippen LogP contribution in [0.3, 0.4) is 0 Å². The summed E-state index contributed by atoms with van der Waals surface area (Å²) in [6.45, 7) is 4.12. The van der Waals surface area contributed by atoms with Crippen LogP contribution >= 0.6 is 47.5 Å². The molecular weight excluding hydrogens is 304 g/mol. The molecule has 0 unspecified atom stereocenters. The van der Waals surface area contributed by atoms with Crippen LogP contribution in [-0.4, -0.2) is 39.9 Å². The van der Waals surface area contributed by atoms with Gasteiger partial charge < -0.3 is 4.90 Å². The summed E-state index contributed by atoms with van der Waals surface area (Å²) in [6, 6.07) is 0. The van der Waals surface area contributed by atoms with Gasteiger partial charge in [-0.1, -0.05) is 41.8 Å². The van der Waals surface area contributed by atoms with Crippen molar-refractivity contribution in [2.24, 2.45) is 0 Å². The van der Waals surface area contributed by atoms with E-state index in [4.69, 9.17) is 12.2 Å². The molecule has 1 saturated heterocycles. The first-order valence-electron chi connectivity index (χ1n) is 5.13. The number of amides is 1. The molecule has 2 rings (SSSR count). The Morgan fingerprint density at radius 2 is 2.33 bits per heavy atom. The molecule has 0 aromatic rings. The molecule has 18 heavy (non-hydrogen) atoms. The molecule has 0 aromatic carbocycles. The summed E-state index contributed by atoms with van der Waals surface area (Å²) >= 11 is 9.84. The molecule has 3 nitrogen and oxygen atoms in total. The Morgan fingerprint density at radius 3 is 2.89 bits per heavy atom. The summed E-state index contributed by atoms with van der Waals surface area (Å²) in [6.07, 6.45) is 3.71. The van der Waals surface area contributed by atoms with Crippen molar-refractivity contribution in [2.45, 2.75) is 0 Å². The van der Waals surface area contributed by atoms with Crippen molar-refractivity contribution in [3.63, 3.8) is 0 Å². The average molecular weight is 316 g/mol. The number of hydrogen-bond acceptors (Lipinski definition) is 6. The summed E-state index contributed by atoms with van der Waals surface area (Å²) in [5.41, 5.74) is 0. The molecule has 0 aromatic heterocycles. The molecule has 0 N–H and O–H groups in total. The van der Waals surface area contributed by atoms with Gasteiger partial charge in [-0.25, -0.2) is 0 Å². The van der Waals surface area contributed by atoms with Crippen LogP contribution in [0.25, 0.3) is 0 Å². The first-order valence-corrected chi connectivity index (χ1v) is 8.46. The molecule has 2 aliphatic rings. The van der Waals surface area contributed by atoms with Crippen LogP contribution in [-0.2, 0) is 4.79 Å². The quantitative estimate of drug-likeness (QED) is 0.451. The highest BCUT2D eigenvalue weighted by molar-refractivity contribution is 8.27. The fraction of sp³-hybridized carbons (Fsp3) is 0.273. The van der Waals surface area contributed by atoms with E-state index in [0.29, 0.717) is 10.9 Å². The minimum atomic E-state index is -0.0185. The molecule has 0 saturated carbocycles. The Kier molecular flexibility index (Phi) is 4.47. The average Bonchev–Trinajstić information content (AvgIpc) is 2.84. The summed E-state index contributed by atoms with van der Waals surface area (Å²) < 4.78 is 0.606. The summed E-state index contributed by atoms with van der Waals surface area (Å²) in [7, 11) is 1.97. The van der Waals surface area contributed by atoms with Gasteiger partial charge in [0.1, 0.15) is 9.23 Å². The van der Waals surface area contributed by atoms with Crippen LogP contribution in [0.1, 0.15) is 0 Å². The molecule has 0 bridgehead atoms. The molecule has 7 heteroatoms. The molecule has 0 spiro atoms. The lowest BCUT2D eigenvalue weighted by atomic mass is 10.4. The van der Waals surface area contributed by atoms with Gasteiger partial charge in [0.25, 0.3) is 5.91 Å². The second-order valence-corrected chi connectivity index (χ2v) is 6.87. The van der Waals surface area contributed by atoms with Gasteiger partial charge in [0.05, 0.1) is 10.1 Å². The van der Waals surface area contributed by atoms with E-state index in [1.807, 2.05) is 18.2 Å². The Morgan fingerprint density at radius 1 is 1.61 bits per heavy atom. The Hall–Kier alpha value is -0.370. The van der Waals surface area contributed by atoms with Gasteiger partial charge in [-0.2, -0.15) is 0 Å². The molecule has 1 fully saturated rings. The lowest BCUT2D eigenvalue weighted by molar-refractivity contribution is -0.121. The molecule has 0 radical (unpaired) electrons. The zero-order valence-corrected chi connectivity index (χ0v) is 13.3. The van der Waals surface area contributed by atoms with Crippen molar-refractivity contribution < 1.29 is 4.79 Å². The third-order valence-corrected chi connectivity index (χ3v) is 6.04. The van der Waals surface area contributed by atoms with Gasteiger partial charge in [0.2, 0.25) is 0 Å². The number of thiocarbonyl (C=S) groups is 1. The van der Waals surface area contributed by atoms with E-state index in [1.54, 1.807) is 34.5 Å². The van der Waals surface area contributed by atoms with Gasteiger partial charge in [-0.05, 0) is 6.26 Å². The molecular formula is C11H12N2OS4. The van der Waals surface area contributed by atoms with E-state index < -0.39 is 0 Å². The van der Waals surface area contributed by atoms with Gasteiger partial charge in [0.15, 0.2) is 0 Å². The van der Waals surface area contributed by atoms with Crippen molar-refractivity contribution in [3.05, 3.63) is 33.0 Å². The third-order valence-electron chi connectivity index (χ3n) is 2.47. The maximum atomic E-state index is 12.3. The van der Waals surface area contributed by atoms with Gasteiger partial charge in [-0.15, -0.1) is 18.3 Å². The lowest BCUT2D eigenvalue weighted by Gasteiger charge is -2.17. The second kappa shape index (κ2) is 5.73. The monoisotopic (exact) mass is 316 g/mol. The minimum Gasteiger partial charge on any atom is -0.332 e. The van der Waals surface area contributed by atoms with Crippen LogP contribution in [0.4, 0.5) is 0 Å². The largest absolute Gasteiger partial charge is 0.332 e. The van der Waals surface area contributed by atoms with E-state index in [0.717, 1.165) is 15.0 Å². The molecule has 2 aliphatic heterocycles. The highest BCUT2D eigenvalue weighted by atomic mass is 32.2. The fourth-order valence-electron chi connectivity index (χ4n) is 1.57. The van der Waals surface area contributed by atoms with Crippen molar-refractivity contribution in [2.75, 3.05) is 19.8 Å². The summed E-state index contributed by atoms with van der Waals surface area (Å²) in [4.78, 5) is 16.6. The fourth-order valence-corrected chi connectivity index (χ4v) is 4.88. The van der Waals surface area contributed by atoms with Crippen molar-refractivity contribution in [3.8, 4) is 0 Å². The standard InChI is InChI=1S/C11H12N2OS4/c1-4-5-13-9(14)8(18-11(13)15)10-12(2)7(16-3)6-17-10/h4,6H,1,5H2,2-3H3. The molecule has 2 heterocycles. The zero-order chi connectivity index (χ0) is 13.3. The zero-order valence-electron chi connectivity index (χ0n) is 10.0. The van der Waals surface area contributed by atoms with Gasteiger partial charge in [0, 0.05) is 19.0 Å². The smallest absolute Gasteiger partial charge is 0.269 e. The van der Waals surface area contributed by atoms with E-state index >= 15 is 0 Å². The highest BCUT2D eigenvalue weighted by Crippen LogP contribution is 2.45. The molecule has 0 atom stereocenters. The number of carbonyl (C=O) groups is 1. The van der Waals surface area contributed by atoms with Crippen molar-refractivity contribution in [1.29, 1.82) is 0 Å². The SMILES string of the molecule is C=CCN1C(=O)C(=C2SC=C(SC)N2C)SC1=S. The predicted molar refractivity (Wildman–Crippen MR) is 86.1 cm³/mol. The first-order chi connectivity index (χ1) is 8.60. The topological polar surface area (TPSA) is 23.6 Å². The number of rotatable bonds is 3. The Bertz CT molecular complexity index is 483. The maximum absolute atomic E-state index is 12.3. The van der Waals surface area contributed by atoms with Crippen molar-refractivity contribution in [1.82, 2.24) is 9.80 Å². The summed E-state index contributed by atoms with van der Waals surface area (Å²) in [5, 5.41) is 4.16. The number of nitrogens with zero attached hydrogens (tertiary/aromatic N) is 2. The van der Waals surface area contributed by atoms with Crippen LogP contribution in [0, 0.1) is 0 Å². The van der Waals surface area contributed by atoms with E-state index in [9.17, 15) is 4.79 Å². The van der Waals surface area contributed by atoms with Crippen LogP contribution < -0.4 is 0 Å². The number of thioether (sulfide) groups is 3. The predicted octanol–water partition coefficient (Wildman–Crippen LogP) is 3.04. The number of hydrogen-bond donors (Lipinski definition) is 0. The normalized spacial score (nSPS) is 24.0. The summed E-state index contributed by atoms with van der Waals surface area (Å²) in [5.74, 6) is -0.0185. The van der Waals surface area contributed by atoms with E-state index in [2.05, 4.69) is 12.0 Å². The molecule has 96 valence electrons. The van der Waals surface area contributed by atoms with Crippen LogP contribution in [0.2, 0.25) is 0 Å². The number of carbonyl (C=O) groups excluding carboxylic acids is 1. The van der Waals surface area contributed by atoms with E-state index in [1.165, 1.54) is 11.8 Å².